The van der Waals surface area contributed by atoms with Gasteiger partial charge in [0.1, 0.15) is 0 Å². The molecule has 0 aliphatic carbocycles. The number of rotatable bonds is 1. The van der Waals surface area contributed by atoms with Gasteiger partial charge in [0.25, 0.3) is 0 Å². The topological polar surface area (TPSA) is 18.5 Å². The van der Waals surface area contributed by atoms with Gasteiger partial charge in [0, 0.05) is 38.8 Å². The molecule has 0 aromatic carbocycles. The molecule has 1 N–H and O–H groups in total. The fourth-order valence-electron chi connectivity index (χ4n) is 2.14. The lowest BCUT2D eigenvalue weighted by atomic mass is 10.2. The first-order valence-electron chi connectivity index (χ1n) is 4.99. The number of hydrogen-bond donors (Lipinski definition) is 1. The molecule has 2 heterocycles. The third-order valence-corrected chi connectivity index (χ3v) is 3.09. The molecule has 0 saturated carbocycles. The molecule has 70 valence electrons. The van der Waals surface area contributed by atoms with Crippen LogP contribution < -0.4 is 5.32 Å². The molecule has 12 heavy (non-hydrogen) atoms. The second-order valence-corrected chi connectivity index (χ2v) is 3.99. The van der Waals surface area contributed by atoms with Gasteiger partial charge in [-0.15, -0.1) is 0 Å². The number of likely N-dealkylation sites (N-methyl/N-ethyl adjacent to an activating group) is 1. The van der Waals surface area contributed by atoms with Crippen molar-refractivity contribution in [1.29, 1.82) is 0 Å². The van der Waals surface area contributed by atoms with E-state index in [-0.39, 0.29) is 0 Å². The van der Waals surface area contributed by atoms with E-state index in [1.54, 1.807) is 0 Å². The minimum Gasteiger partial charge on any atom is -0.315 e. The molecular weight excluding hydrogens is 150 g/mol. The van der Waals surface area contributed by atoms with Crippen molar-refractivity contribution in [2.24, 2.45) is 0 Å². The highest BCUT2D eigenvalue weighted by Gasteiger charge is 2.24. The minimum atomic E-state index is 0.832. The van der Waals surface area contributed by atoms with Gasteiger partial charge in [-0.2, -0.15) is 0 Å². The van der Waals surface area contributed by atoms with Crippen LogP contribution in [-0.4, -0.2) is 62.2 Å². The summed E-state index contributed by atoms with van der Waals surface area (Å²) in [6.45, 7) is 7.46. The fourth-order valence-corrected chi connectivity index (χ4v) is 2.14. The number of piperazine rings is 1. The summed E-state index contributed by atoms with van der Waals surface area (Å²) in [5.74, 6) is 0. The lowest BCUT2D eigenvalue weighted by Gasteiger charge is -2.36. The van der Waals surface area contributed by atoms with Gasteiger partial charge in [0.15, 0.2) is 0 Å². The van der Waals surface area contributed by atoms with E-state index in [4.69, 9.17) is 0 Å². The summed E-state index contributed by atoms with van der Waals surface area (Å²) < 4.78 is 0. The quantitative estimate of drug-likeness (QED) is 0.576. The maximum atomic E-state index is 3.43. The molecule has 0 bridgehead atoms. The van der Waals surface area contributed by atoms with E-state index in [1.165, 1.54) is 45.7 Å². The van der Waals surface area contributed by atoms with Crippen molar-refractivity contribution < 1.29 is 0 Å². The van der Waals surface area contributed by atoms with Crippen LogP contribution in [0.3, 0.4) is 0 Å². The monoisotopic (exact) mass is 169 g/mol. The van der Waals surface area contributed by atoms with E-state index in [9.17, 15) is 0 Å². The summed E-state index contributed by atoms with van der Waals surface area (Å²) in [6, 6.07) is 0.832. The van der Waals surface area contributed by atoms with Crippen molar-refractivity contribution in [3.05, 3.63) is 0 Å². The van der Waals surface area contributed by atoms with Gasteiger partial charge in [-0.3, -0.25) is 4.90 Å². The van der Waals surface area contributed by atoms with Crippen LogP contribution >= 0.6 is 0 Å². The Morgan fingerprint density at radius 1 is 1.17 bits per heavy atom. The highest BCUT2D eigenvalue weighted by atomic mass is 15.3. The Morgan fingerprint density at radius 3 is 2.50 bits per heavy atom. The maximum absolute atomic E-state index is 3.43. The molecule has 2 aliphatic rings. The Labute approximate surface area is 74.7 Å². The van der Waals surface area contributed by atoms with Gasteiger partial charge in [0.05, 0.1) is 0 Å². The van der Waals surface area contributed by atoms with Gasteiger partial charge in [-0.1, -0.05) is 0 Å². The van der Waals surface area contributed by atoms with Crippen LogP contribution in [0.25, 0.3) is 0 Å². The summed E-state index contributed by atoms with van der Waals surface area (Å²) >= 11 is 0. The van der Waals surface area contributed by atoms with Crippen LogP contribution in [0.4, 0.5) is 0 Å². The van der Waals surface area contributed by atoms with E-state index in [1.807, 2.05) is 0 Å². The number of hydrogen-bond acceptors (Lipinski definition) is 3. The molecule has 0 aromatic rings. The maximum Gasteiger partial charge on any atom is 0.0233 e. The van der Waals surface area contributed by atoms with Crippen LogP contribution in [0.15, 0.2) is 0 Å². The first-order chi connectivity index (χ1) is 5.86. The molecule has 3 nitrogen and oxygen atoms in total. The summed E-state index contributed by atoms with van der Waals surface area (Å²) in [7, 11) is 2.21. The Kier molecular flexibility index (Phi) is 2.63. The zero-order chi connectivity index (χ0) is 8.39. The molecule has 1 atom stereocenters. The van der Waals surface area contributed by atoms with Crippen molar-refractivity contribution in [1.82, 2.24) is 15.1 Å². The molecule has 0 aromatic heterocycles. The van der Waals surface area contributed by atoms with E-state index in [2.05, 4.69) is 22.2 Å². The lowest BCUT2D eigenvalue weighted by Crippen LogP contribution is -2.49. The summed E-state index contributed by atoms with van der Waals surface area (Å²) in [5.41, 5.74) is 0. The molecule has 2 rings (SSSR count). The fraction of sp³-hybridized carbons (Fsp3) is 1.00. The van der Waals surface area contributed by atoms with Gasteiger partial charge in [0.2, 0.25) is 0 Å². The summed E-state index contributed by atoms with van der Waals surface area (Å²) in [4.78, 5) is 5.05. The van der Waals surface area contributed by atoms with Crippen molar-refractivity contribution in [3.63, 3.8) is 0 Å². The summed E-state index contributed by atoms with van der Waals surface area (Å²) in [6.07, 6.45) is 1.35. The first-order valence-corrected chi connectivity index (χ1v) is 4.99. The van der Waals surface area contributed by atoms with E-state index in [0.717, 1.165) is 6.04 Å². The average Bonchev–Trinajstić information content (AvgIpc) is 2.58. The zero-order valence-corrected chi connectivity index (χ0v) is 7.92. The highest BCUT2D eigenvalue weighted by molar-refractivity contribution is 4.83. The molecule has 0 unspecified atom stereocenters. The normalized spacial score (nSPS) is 34.2. The lowest BCUT2D eigenvalue weighted by molar-refractivity contribution is 0.119. The average molecular weight is 169 g/mol. The van der Waals surface area contributed by atoms with Crippen LogP contribution in [0.5, 0.6) is 0 Å². The molecular formula is C9H19N3. The molecule has 0 amide bonds. The minimum absolute atomic E-state index is 0.832. The second-order valence-electron chi connectivity index (χ2n) is 3.99. The smallest absolute Gasteiger partial charge is 0.0233 e. The Balaban J connectivity index is 1.80. The van der Waals surface area contributed by atoms with Crippen molar-refractivity contribution in [3.8, 4) is 0 Å². The number of nitrogens with one attached hydrogen (secondary N) is 1. The molecule has 3 heteroatoms. The third-order valence-electron chi connectivity index (χ3n) is 3.09. The highest BCUT2D eigenvalue weighted by Crippen LogP contribution is 2.10. The zero-order valence-electron chi connectivity index (χ0n) is 7.92. The predicted octanol–water partition coefficient (Wildman–Crippen LogP) is -0.404. The van der Waals surface area contributed by atoms with Gasteiger partial charge < -0.3 is 10.2 Å². The standard InChI is InChI=1S/C9H19N3/c1-11-4-6-12(7-5-11)9-2-3-10-8-9/h9-10H,2-8H2,1H3/t9-/m1/s1. The Morgan fingerprint density at radius 2 is 1.92 bits per heavy atom. The van der Waals surface area contributed by atoms with E-state index >= 15 is 0 Å². The molecule has 2 aliphatic heterocycles. The molecule has 0 spiro atoms. The van der Waals surface area contributed by atoms with Crippen LogP contribution in [-0.2, 0) is 0 Å². The van der Waals surface area contributed by atoms with Crippen molar-refractivity contribution >= 4 is 0 Å². The third kappa shape index (κ3) is 1.79. The second kappa shape index (κ2) is 3.73. The van der Waals surface area contributed by atoms with Crippen molar-refractivity contribution in [2.45, 2.75) is 12.5 Å². The molecule has 0 radical (unpaired) electrons. The largest absolute Gasteiger partial charge is 0.315 e. The van der Waals surface area contributed by atoms with Crippen LogP contribution in [0, 0.1) is 0 Å². The molecule has 2 saturated heterocycles. The van der Waals surface area contributed by atoms with Gasteiger partial charge in [-0.05, 0) is 20.0 Å². The summed E-state index contributed by atoms with van der Waals surface area (Å²) in [5, 5.41) is 3.43. The van der Waals surface area contributed by atoms with E-state index < -0.39 is 0 Å². The van der Waals surface area contributed by atoms with Gasteiger partial charge >= 0.3 is 0 Å². The Bertz CT molecular complexity index is 135. The predicted molar refractivity (Wildman–Crippen MR) is 50.3 cm³/mol. The van der Waals surface area contributed by atoms with E-state index in [0.29, 0.717) is 0 Å². The Hall–Kier alpha value is -0.120. The number of nitrogens with zero attached hydrogens (tertiary/aromatic N) is 2. The van der Waals surface area contributed by atoms with Crippen molar-refractivity contribution in [2.75, 3.05) is 46.3 Å². The first kappa shape index (κ1) is 8.48. The molecule has 2 fully saturated rings. The van der Waals surface area contributed by atoms with Crippen LogP contribution in [0.1, 0.15) is 6.42 Å². The van der Waals surface area contributed by atoms with Gasteiger partial charge in [-0.25, -0.2) is 0 Å². The van der Waals surface area contributed by atoms with Crippen LogP contribution in [0.2, 0.25) is 0 Å². The SMILES string of the molecule is CN1CCN([C@@H]2CCNC2)CC1.